The van der Waals surface area contributed by atoms with E-state index in [9.17, 15) is 15.2 Å². The van der Waals surface area contributed by atoms with Gasteiger partial charge in [0.25, 0.3) is 0 Å². The standard InChI is InChI=1S/C22H26BrN3O4/c1-2-7-18(15-8-4-3-5-9-15)26-22(29)17(12-24)21(30-14-16(28)13-27)19-10-6-11-20(23)25-19/h3-6,8-11,16-18,21,27-28H,2,7,13-14H2,1H3,(H,26,29). The van der Waals surface area contributed by atoms with Crippen LogP contribution >= 0.6 is 15.9 Å². The highest BCUT2D eigenvalue weighted by Gasteiger charge is 2.33. The zero-order chi connectivity index (χ0) is 21.9. The maximum atomic E-state index is 13.1. The number of rotatable bonds is 11. The molecule has 4 atom stereocenters. The van der Waals surface area contributed by atoms with Gasteiger partial charge in [0, 0.05) is 0 Å². The number of ether oxygens (including phenoxy) is 1. The number of nitrogens with one attached hydrogen (secondary N) is 1. The number of pyridine rings is 1. The summed E-state index contributed by atoms with van der Waals surface area (Å²) in [6.07, 6.45) is -0.559. The van der Waals surface area contributed by atoms with Crippen molar-refractivity contribution < 1.29 is 19.7 Å². The molecular formula is C22H26BrN3O4. The van der Waals surface area contributed by atoms with E-state index < -0.39 is 30.6 Å². The lowest BCUT2D eigenvalue weighted by Gasteiger charge is -2.25. The van der Waals surface area contributed by atoms with Gasteiger partial charge in [-0.3, -0.25) is 4.79 Å². The molecule has 0 radical (unpaired) electrons. The van der Waals surface area contributed by atoms with E-state index >= 15 is 0 Å². The predicted octanol–water partition coefficient (Wildman–Crippen LogP) is 3.05. The van der Waals surface area contributed by atoms with Crippen LogP contribution < -0.4 is 5.32 Å². The Kier molecular flexibility index (Phi) is 9.91. The molecular weight excluding hydrogens is 450 g/mol. The summed E-state index contributed by atoms with van der Waals surface area (Å²) < 4.78 is 6.21. The first-order valence-corrected chi connectivity index (χ1v) is 10.6. The second-order valence-corrected chi connectivity index (χ2v) is 7.66. The van der Waals surface area contributed by atoms with E-state index in [0.717, 1.165) is 18.4 Å². The molecule has 0 bridgehead atoms. The molecule has 0 saturated carbocycles. The fourth-order valence-corrected chi connectivity index (χ4v) is 3.38. The van der Waals surface area contributed by atoms with Crippen molar-refractivity contribution in [2.75, 3.05) is 13.2 Å². The number of nitriles is 1. The van der Waals surface area contributed by atoms with Crippen molar-refractivity contribution >= 4 is 21.8 Å². The van der Waals surface area contributed by atoms with Crippen LogP contribution in [0.1, 0.15) is 43.2 Å². The Bertz CT molecular complexity index is 844. The molecule has 30 heavy (non-hydrogen) atoms. The molecule has 0 spiro atoms. The van der Waals surface area contributed by atoms with Crippen molar-refractivity contribution in [3.8, 4) is 6.07 Å². The Morgan fingerprint density at radius 2 is 2.00 bits per heavy atom. The van der Waals surface area contributed by atoms with Crippen LogP contribution in [0.4, 0.5) is 0 Å². The summed E-state index contributed by atoms with van der Waals surface area (Å²) in [5.41, 5.74) is 1.33. The molecule has 0 aliphatic heterocycles. The number of aromatic nitrogens is 1. The fourth-order valence-electron chi connectivity index (χ4n) is 3.02. The lowest BCUT2D eigenvalue weighted by atomic mass is 9.97. The Morgan fingerprint density at radius 1 is 1.27 bits per heavy atom. The number of amides is 1. The Hall–Kier alpha value is -2.31. The van der Waals surface area contributed by atoms with Gasteiger partial charge in [-0.15, -0.1) is 0 Å². The van der Waals surface area contributed by atoms with Crippen molar-refractivity contribution in [3.63, 3.8) is 0 Å². The Labute approximate surface area is 184 Å². The molecule has 2 aromatic rings. The first kappa shape index (κ1) is 24.0. The maximum absolute atomic E-state index is 13.1. The minimum absolute atomic E-state index is 0.237. The highest BCUT2D eigenvalue weighted by Crippen LogP contribution is 2.28. The van der Waals surface area contributed by atoms with E-state index in [-0.39, 0.29) is 12.6 Å². The number of aliphatic hydroxyl groups is 2. The van der Waals surface area contributed by atoms with Crippen molar-refractivity contribution in [2.24, 2.45) is 5.92 Å². The molecule has 4 unspecified atom stereocenters. The van der Waals surface area contributed by atoms with Gasteiger partial charge >= 0.3 is 0 Å². The summed E-state index contributed by atoms with van der Waals surface area (Å²) >= 11 is 3.28. The number of carbonyl (C=O) groups excluding carboxylic acids is 1. The smallest absolute Gasteiger partial charge is 0.240 e. The number of hydrogen-bond donors (Lipinski definition) is 3. The predicted molar refractivity (Wildman–Crippen MR) is 115 cm³/mol. The van der Waals surface area contributed by atoms with Crippen LogP contribution in [-0.2, 0) is 9.53 Å². The first-order valence-electron chi connectivity index (χ1n) is 9.78. The average molecular weight is 476 g/mol. The van der Waals surface area contributed by atoms with Gasteiger partial charge in [0.15, 0.2) is 5.92 Å². The van der Waals surface area contributed by atoms with Crippen molar-refractivity contribution in [1.82, 2.24) is 10.3 Å². The summed E-state index contributed by atoms with van der Waals surface area (Å²) in [4.78, 5) is 17.4. The van der Waals surface area contributed by atoms with Gasteiger partial charge in [-0.25, -0.2) is 4.98 Å². The van der Waals surface area contributed by atoms with E-state index in [2.05, 4.69) is 26.2 Å². The van der Waals surface area contributed by atoms with E-state index in [1.165, 1.54) is 0 Å². The molecule has 0 aliphatic carbocycles. The zero-order valence-corrected chi connectivity index (χ0v) is 18.3. The van der Waals surface area contributed by atoms with Crippen LogP contribution in [0.25, 0.3) is 0 Å². The molecule has 160 valence electrons. The number of halogens is 1. The monoisotopic (exact) mass is 475 g/mol. The summed E-state index contributed by atoms with van der Waals surface area (Å²) in [7, 11) is 0. The molecule has 3 N–H and O–H groups in total. The summed E-state index contributed by atoms with van der Waals surface area (Å²) in [5, 5.41) is 31.5. The lowest BCUT2D eigenvalue weighted by Crippen LogP contribution is -2.38. The second kappa shape index (κ2) is 12.4. The highest BCUT2D eigenvalue weighted by molar-refractivity contribution is 9.10. The van der Waals surface area contributed by atoms with Gasteiger partial charge in [0.2, 0.25) is 5.91 Å². The van der Waals surface area contributed by atoms with Gasteiger partial charge in [-0.2, -0.15) is 5.26 Å². The summed E-state index contributed by atoms with van der Waals surface area (Å²) in [6.45, 7) is 1.30. The van der Waals surface area contributed by atoms with E-state index in [0.29, 0.717) is 10.3 Å². The van der Waals surface area contributed by atoms with Crippen LogP contribution in [-0.4, -0.2) is 40.4 Å². The van der Waals surface area contributed by atoms with Gasteiger partial charge in [0.1, 0.15) is 16.8 Å². The number of hydrogen-bond acceptors (Lipinski definition) is 6. The largest absolute Gasteiger partial charge is 0.394 e. The zero-order valence-electron chi connectivity index (χ0n) is 16.7. The molecule has 0 aliphatic rings. The molecule has 1 aromatic heterocycles. The molecule has 0 fully saturated rings. The van der Waals surface area contributed by atoms with Gasteiger partial charge in [-0.05, 0) is 40.0 Å². The highest BCUT2D eigenvalue weighted by atomic mass is 79.9. The van der Waals surface area contributed by atoms with Gasteiger partial charge < -0.3 is 20.3 Å². The third-order valence-electron chi connectivity index (χ3n) is 4.53. The van der Waals surface area contributed by atoms with Crippen LogP contribution in [0.3, 0.4) is 0 Å². The van der Waals surface area contributed by atoms with Crippen LogP contribution in [0.15, 0.2) is 53.1 Å². The normalized spacial score (nSPS) is 14.9. The van der Waals surface area contributed by atoms with Crippen LogP contribution in [0.5, 0.6) is 0 Å². The van der Waals surface area contributed by atoms with Crippen molar-refractivity contribution in [3.05, 3.63) is 64.4 Å². The fraction of sp³-hybridized carbons (Fsp3) is 0.409. The molecule has 1 heterocycles. The Balaban J connectivity index is 2.27. The quantitative estimate of drug-likeness (QED) is 0.430. The number of benzene rings is 1. The molecule has 1 amide bonds. The van der Waals surface area contributed by atoms with Crippen LogP contribution in [0, 0.1) is 17.2 Å². The average Bonchev–Trinajstić information content (AvgIpc) is 2.76. The van der Waals surface area contributed by atoms with E-state index in [4.69, 9.17) is 9.84 Å². The third-order valence-corrected chi connectivity index (χ3v) is 4.97. The van der Waals surface area contributed by atoms with Crippen LogP contribution in [0.2, 0.25) is 0 Å². The maximum Gasteiger partial charge on any atom is 0.240 e. The Morgan fingerprint density at radius 3 is 2.60 bits per heavy atom. The molecule has 2 rings (SSSR count). The van der Waals surface area contributed by atoms with E-state index in [1.54, 1.807) is 18.2 Å². The summed E-state index contributed by atoms with van der Waals surface area (Å²) in [5.74, 6) is -1.68. The number of nitrogens with zero attached hydrogens (tertiary/aromatic N) is 2. The SMILES string of the molecule is CCCC(NC(=O)C(C#N)C(OCC(O)CO)c1cccc(Br)n1)c1ccccc1. The minimum atomic E-state index is -1.19. The van der Waals surface area contributed by atoms with Crippen molar-refractivity contribution in [2.45, 2.75) is 38.0 Å². The second-order valence-electron chi connectivity index (χ2n) is 6.84. The van der Waals surface area contributed by atoms with Gasteiger partial charge in [0.05, 0.1) is 31.0 Å². The van der Waals surface area contributed by atoms with Crippen molar-refractivity contribution in [1.29, 1.82) is 5.26 Å². The first-order chi connectivity index (χ1) is 14.5. The summed E-state index contributed by atoms with van der Waals surface area (Å²) in [6, 6.07) is 16.5. The molecule has 8 heteroatoms. The topological polar surface area (TPSA) is 115 Å². The van der Waals surface area contributed by atoms with E-state index in [1.807, 2.05) is 43.3 Å². The molecule has 0 saturated heterocycles. The number of carbonyl (C=O) groups is 1. The lowest BCUT2D eigenvalue weighted by molar-refractivity contribution is -0.130. The van der Waals surface area contributed by atoms with Gasteiger partial charge in [-0.1, -0.05) is 49.7 Å². The molecule has 7 nitrogen and oxygen atoms in total. The third kappa shape index (κ3) is 6.89. The minimum Gasteiger partial charge on any atom is -0.394 e. The molecule has 1 aromatic carbocycles. The number of aliphatic hydroxyl groups excluding tert-OH is 2.